The largest absolute Gasteiger partial charge is 0.308 e. The van der Waals surface area contributed by atoms with Gasteiger partial charge in [0.15, 0.2) is 0 Å². The minimum absolute atomic E-state index is 0.778. The Hall–Kier alpha value is -1.32. The molecule has 0 radical (unpaired) electrons. The Bertz CT molecular complexity index is 486. The van der Waals surface area contributed by atoms with Gasteiger partial charge in [-0.05, 0) is 31.5 Å². The van der Waals surface area contributed by atoms with Gasteiger partial charge in [0, 0.05) is 29.4 Å². The van der Waals surface area contributed by atoms with Crippen LogP contribution in [-0.2, 0) is 13.1 Å². The molecule has 0 aliphatic rings. The normalized spacial score (nSPS) is 10.8. The maximum atomic E-state index is 5.93. The van der Waals surface area contributed by atoms with E-state index in [1.807, 2.05) is 32.0 Å². The average Bonchev–Trinajstić information content (AvgIpc) is 2.61. The van der Waals surface area contributed by atoms with Gasteiger partial charge in [0.2, 0.25) is 0 Å². The molecule has 0 saturated carbocycles. The molecule has 0 unspecified atom stereocenters. The third-order valence-corrected chi connectivity index (χ3v) is 3.04. The second-order valence-electron chi connectivity index (χ2n) is 4.15. The lowest BCUT2D eigenvalue weighted by atomic mass is 10.2. The summed E-state index contributed by atoms with van der Waals surface area (Å²) in [4.78, 5) is 0. The van der Waals surface area contributed by atoms with Crippen molar-refractivity contribution >= 4 is 11.6 Å². The number of rotatable bonds is 4. The van der Waals surface area contributed by atoms with Crippen LogP contribution in [0.4, 0.5) is 0 Å². The number of halogens is 1. The fourth-order valence-electron chi connectivity index (χ4n) is 1.81. The molecule has 0 aliphatic carbocycles. The number of hydrogen-bond acceptors (Lipinski definition) is 2. The van der Waals surface area contributed by atoms with Crippen molar-refractivity contribution in [2.45, 2.75) is 26.9 Å². The van der Waals surface area contributed by atoms with E-state index in [9.17, 15) is 0 Å². The number of benzene rings is 1. The van der Waals surface area contributed by atoms with E-state index >= 15 is 0 Å². The van der Waals surface area contributed by atoms with Gasteiger partial charge < -0.3 is 5.32 Å². The first-order chi connectivity index (χ1) is 8.16. The zero-order valence-corrected chi connectivity index (χ0v) is 10.8. The maximum Gasteiger partial charge on any atom is 0.0638 e. The minimum Gasteiger partial charge on any atom is -0.308 e. The summed E-state index contributed by atoms with van der Waals surface area (Å²) >= 11 is 5.93. The van der Waals surface area contributed by atoms with Crippen molar-refractivity contribution in [3.05, 3.63) is 51.8 Å². The monoisotopic (exact) mass is 249 g/mol. The molecule has 0 spiro atoms. The third-order valence-electron chi connectivity index (χ3n) is 2.80. The molecular formula is C13H16ClN3. The molecule has 1 aromatic heterocycles. The first kappa shape index (κ1) is 12.1. The summed E-state index contributed by atoms with van der Waals surface area (Å²) < 4.78 is 0. The Kier molecular flexibility index (Phi) is 3.82. The Morgan fingerprint density at radius 1 is 1.29 bits per heavy atom. The van der Waals surface area contributed by atoms with Gasteiger partial charge in [-0.25, -0.2) is 0 Å². The van der Waals surface area contributed by atoms with Gasteiger partial charge in [0.05, 0.1) is 5.69 Å². The van der Waals surface area contributed by atoms with Gasteiger partial charge in [0.1, 0.15) is 0 Å². The maximum absolute atomic E-state index is 5.93. The molecule has 2 aromatic rings. The van der Waals surface area contributed by atoms with E-state index in [1.165, 1.54) is 11.1 Å². The minimum atomic E-state index is 0.778. The van der Waals surface area contributed by atoms with Gasteiger partial charge in [-0.1, -0.05) is 23.7 Å². The van der Waals surface area contributed by atoms with E-state index in [1.54, 1.807) is 0 Å². The molecule has 0 bridgehead atoms. The second kappa shape index (κ2) is 5.34. The summed E-state index contributed by atoms with van der Waals surface area (Å²) in [6, 6.07) is 7.89. The topological polar surface area (TPSA) is 40.7 Å². The van der Waals surface area contributed by atoms with Crippen molar-refractivity contribution < 1.29 is 0 Å². The molecule has 4 heteroatoms. The zero-order valence-electron chi connectivity index (χ0n) is 10.0. The zero-order chi connectivity index (χ0) is 12.3. The summed E-state index contributed by atoms with van der Waals surface area (Å²) in [7, 11) is 0. The van der Waals surface area contributed by atoms with Crippen LogP contribution in [0.15, 0.2) is 24.3 Å². The predicted octanol–water partition coefficient (Wildman–Crippen LogP) is 2.97. The van der Waals surface area contributed by atoms with Crippen LogP contribution in [0.5, 0.6) is 0 Å². The van der Waals surface area contributed by atoms with Crippen LogP contribution in [0, 0.1) is 13.8 Å². The highest BCUT2D eigenvalue weighted by Crippen LogP contribution is 2.12. The van der Waals surface area contributed by atoms with Crippen molar-refractivity contribution in [2.75, 3.05) is 0 Å². The fraction of sp³-hybridized carbons (Fsp3) is 0.308. The highest BCUT2D eigenvalue weighted by Gasteiger charge is 2.05. The van der Waals surface area contributed by atoms with E-state index in [-0.39, 0.29) is 0 Å². The number of H-pyrrole nitrogens is 1. The molecule has 1 aromatic carbocycles. The van der Waals surface area contributed by atoms with Crippen LogP contribution in [0.1, 0.15) is 22.5 Å². The van der Waals surface area contributed by atoms with Crippen molar-refractivity contribution in [1.82, 2.24) is 15.5 Å². The van der Waals surface area contributed by atoms with Crippen LogP contribution in [0.3, 0.4) is 0 Å². The second-order valence-corrected chi connectivity index (χ2v) is 4.58. The number of nitrogens with one attached hydrogen (secondary N) is 2. The lowest BCUT2D eigenvalue weighted by molar-refractivity contribution is 0.688. The van der Waals surface area contributed by atoms with Gasteiger partial charge in [-0.3, -0.25) is 5.10 Å². The van der Waals surface area contributed by atoms with Crippen LogP contribution in [0.25, 0.3) is 0 Å². The van der Waals surface area contributed by atoms with E-state index in [2.05, 4.69) is 21.6 Å². The van der Waals surface area contributed by atoms with E-state index < -0.39 is 0 Å². The molecule has 90 valence electrons. The van der Waals surface area contributed by atoms with E-state index in [0.717, 1.165) is 29.5 Å². The molecule has 2 N–H and O–H groups in total. The number of hydrogen-bond donors (Lipinski definition) is 2. The molecule has 0 atom stereocenters. The summed E-state index contributed by atoms with van der Waals surface area (Å²) in [6.45, 7) is 5.68. The van der Waals surface area contributed by atoms with Crippen molar-refractivity contribution in [2.24, 2.45) is 0 Å². The molecule has 0 fully saturated rings. The standard InChI is InChI=1S/C13H16ClN3/c1-9-13(10(2)17-16-9)8-15-7-11-4-3-5-12(14)6-11/h3-6,15H,7-8H2,1-2H3,(H,16,17). The smallest absolute Gasteiger partial charge is 0.0638 e. The first-order valence-electron chi connectivity index (χ1n) is 5.62. The summed E-state index contributed by atoms with van der Waals surface area (Å²) in [5.74, 6) is 0. The average molecular weight is 250 g/mol. The summed E-state index contributed by atoms with van der Waals surface area (Å²) in [5.41, 5.74) is 4.62. The Morgan fingerprint density at radius 3 is 2.76 bits per heavy atom. The molecule has 0 saturated heterocycles. The van der Waals surface area contributed by atoms with Crippen LogP contribution < -0.4 is 5.32 Å². The van der Waals surface area contributed by atoms with Crippen molar-refractivity contribution in [3.8, 4) is 0 Å². The number of aryl methyl sites for hydroxylation is 2. The van der Waals surface area contributed by atoms with Gasteiger partial charge in [-0.2, -0.15) is 5.10 Å². The molecule has 17 heavy (non-hydrogen) atoms. The van der Waals surface area contributed by atoms with Crippen LogP contribution in [-0.4, -0.2) is 10.2 Å². The number of aromatic amines is 1. The predicted molar refractivity (Wildman–Crippen MR) is 70.1 cm³/mol. The summed E-state index contributed by atoms with van der Waals surface area (Å²) in [5, 5.41) is 11.3. The first-order valence-corrected chi connectivity index (χ1v) is 6.00. The van der Waals surface area contributed by atoms with Crippen molar-refractivity contribution in [3.63, 3.8) is 0 Å². The van der Waals surface area contributed by atoms with E-state index in [4.69, 9.17) is 11.6 Å². The summed E-state index contributed by atoms with van der Waals surface area (Å²) in [6.07, 6.45) is 0. The number of aromatic nitrogens is 2. The molecule has 3 nitrogen and oxygen atoms in total. The van der Waals surface area contributed by atoms with Crippen LogP contribution in [0.2, 0.25) is 5.02 Å². The lowest BCUT2D eigenvalue weighted by Crippen LogP contribution is -2.13. The highest BCUT2D eigenvalue weighted by molar-refractivity contribution is 6.30. The molecule has 1 heterocycles. The Morgan fingerprint density at radius 2 is 2.12 bits per heavy atom. The molecule has 0 amide bonds. The fourth-order valence-corrected chi connectivity index (χ4v) is 2.03. The lowest BCUT2D eigenvalue weighted by Gasteiger charge is -2.05. The SMILES string of the molecule is Cc1n[nH]c(C)c1CNCc1cccc(Cl)c1. The van der Waals surface area contributed by atoms with Gasteiger partial charge in [0.25, 0.3) is 0 Å². The number of nitrogens with zero attached hydrogens (tertiary/aromatic N) is 1. The molecular weight excluding hydrogens is 234 g/mol. The van der Waals surface area contributed by atoms with E-state index in [0.29, 0.717) is 0 Å². The Balaban J connectivity index is 1.92. The molecule has 2 rings (SSSR count). The molecule has 0 aliphatic heterocycles. The van der Waals surface area contributed by atoms with Gasteiger partial charge >= 0.3 is 0 Å². The van der Waals surface area contributed by atoms with Gasteiger partial charge in [-0.15, -0.1) is 0 Å². The Labute approximate surface area is 106 Å². The quantitative estimate of drug-likeness (QED) is 0.875. The van der Waals surface area contributed by atoms with Crippen molar-refractivity contribution in [1.29, 1.82) is 0 Å². The van der Waals surface area contributed by atoms with Crippen LogP contribution >= 0.6 is 11.6 Å². The third kappa shape index (κ3) is 3.08. The highest BCUT2D eigenvalue weighted by atomic mass is 35.5.